The molecule has 0 bridgehead atoms. The van der Waals surface area contributed by atoms with Gasteiger partial charge in [-0.15, -0.1) is 0 Å². The van der Waals surface area contributed by atoms with Gasteiger partial charge in [-0.05, 0) is 11.8 Å². The van der Waals surface area contributed by atoms with Crippen molar-refractivity contribution in [3.8, 4) is 0 Å². The molecule has 0 amide bonds. The molecule has 2 rings (SSSR count). The van der Waals surface area contributed by atoms with Gasteiger partial charge < -0.3 is 16.5 Å². The third-order valence-electron chi connectivity index (χ3n) is 1.85. The first-order valence-electron chi connectivity index (χ1n) is 4.73. The molecule has 0 fully saturated rings. The standard InChI is InChI=1S/C9H10N6OS/c10-2-5-3-12-8(13-4-5)17-9-14-6(11)1-7(16)15-9/h1,3-4H,2,10H2,(H3,11,14,15,16). The normalized spacial score (nSPS) is 10.4. The van der Waals surface area contributed by atoms with E-state index in [1.165, 1.54) is 6.07 Å². The van der Waals surface area contributed by atoms with Crippen molar-refractivity contribution >= 4 is 17.6 Å². The van der Waals surface area contributed by atoms with Crippen LogP contribution in [0.4, 0.5) is 5.82 Å². The minimum absolute atomic E-state index is 0.162. The minimum Gasteiger partial charge on any atom is -0.383 e. The first kappa shape index (κ1) is 11.6. The van der Waals surface area contributed by atoms with E-state index in [2.05, 4.69) is 19.9 Å². The molecule has 0 atom stereocenters. The number of nitrogens with one attached hydrogen (secondary N) is 1. The molecule has 0 aliphatic heterocycles. The van der Waals surface area contributed by atoms with E-state index in [9.17, 15) is 4.79 Å². The lowest BCUT2D eigenvalue weighted by atomic mass is 10.4. The molecular formula is C9H10N6OS. The second kappa shape index (κ2) is 4.93. The van der Waals surface area contributed by atoms with Crippen molar-refractivity contribution in [1.29, 1.82) is 0 Å². The van der Waals surface area contributed by atoms with Crippen LogP contribution in [-0.2, 0) is 6.54 Å². The highest BCUT2D eigenvalue weighted by atomic mass is 32.2. The van der Waals surface area contributed by atoms with Gasteiger partial charge in [-0.3, -0.25) is 4.79 Å². The Labute approximate surface area is 101 Å². The molecule has 0 saturated heterocycles. The van der Waals surface area contributed by atoms with Crippen molar-refractivity contribution in [2.24, 2.45) is 5.73 Å². The molecule has 88 valence electrons. The molecule has 8 heteroatoms. The maximum absolute atomic E-state index is 11.2. The van der Waals surface area contributed by atoms with E-state index in [0.717, 1.165) is 17.3 Å². The Morgan fingerprint density at radius 1 is 1.35 bits per heavy atom. The third kappa shape index (κ3) is 3.02. The SMILES string of the molecule is NCc1cnc(Sc2nc(N)cc(=O)[nH]2)nc1. The van der Waals surface area contributed by atoms with E-state index in [1.54, 1.807) is 12.4 Å². The molecule has 0 aliphatic carbocycles. The van der Waals surface area contributed by atoms with Crippen LogP contribution in [0, 0.1) is 0 Å². The number of aromatic nitrogens is 4. The molecule has 0 saturated carbocycles. The van der Waals surface area contributed by atoms with E-state index in [-0.39, 0.29) is 11.4 Å². The first-order valence-corrected chi connectivity index (χ1v) is 5.54. The van der Waals surface area contributed by atoms with Gasteiger partial charge in [0.15, 0.2) is 10.3 Å². The number of H-pyrrole nitrogens is 1. The van der Waals surface area contributed by atoms with Gasteiger partial charge in [-0.1, -0.05) is 0 Å². The van der Waals surface area contributed by atoms with Crippen LogP contribution in [0.1, 0.15) is 5.56 Å². The van der Waals surface area contributed by atoms with Crippen molar-refractivity contribution in [3.05, 3.63) is 34.4 Å². The molecule has 17 heavy (non-hydrogen) atoms. The monoisotopic (exact) mass is 250 g/mol. The van der Waals surface area contributed by atoms with Crippen LogP contribution in [-0.4, -0.2) is 19.9 Å². The lowest BCUT2D eigenvalue weighted by Gasteiger charge is -2.00. The summed E-state index contributed by atoms with van der Waals surface area (Å²) in [6.07, 6.45) is 3.25. The summed E-state index contributed by atoms with van der Waals surface area (Å²) in [6, 6.07) is 1.21. The Morgan fingerprint density at radius 3 is 2.65 bits per heavy atom. The molecule has 0 aliphatic rings. The van der Waals surface area contributed by atoms with E-state index < -0.39 is 0 Å². The molecule has 0 aromatic carbocycles. The first-order chi connectivity index (χ1) is 8.17. The number of nitrogens with zero attached hydrogens (tertiary/aromatic N) is 3. The van der Waals surface area contributed by atoms with Crippen LogP contribution in [0.25, 0.3) is 0 Å². The highest BCUT2D eigenvalue weighted by Crippen LogP contribution is 2.19. The summed E-state index contributed by atoms with van der Waals surface area (Å²) in [6.45, 7) is 0.387. The number of rotatable bonds is 3. The lowest BCUT2D eigenvalue weighted by Crippen LogP contribution is -2.09. The molecule has 0 spiro atoms. The lowest BCUT2D eigenvalue weighted by molar-refractivity contribution is 0.893. The fraction of sp³-hybridized carbons (Fsp3) is 0.111. The van der Waals surface area contributed by atoms with Crippen LogP contribution >= 0.6 is 11.8 Å². The van der Waals surface area contributed by atoms with Crippen molar-refractivity contribution in [1.82, 2.24) is 19.9 Å². The molecule has 2 aromatic heterocycles. The summed E-state index contributed by atoms with van der Waals surface area (Å²) in [7, 11) is 0. The summed E-state index contributed by atoms with van der Waals surface area (Å²) in [5, 5.41) is 0.825. The summed E-state index contributed by atoms with van der Waals surface area (Å²) in [5.74, 6) is 0.162. The number of nitrogens with two attached hydrogens (primary N) is 2. The smallest absolute Gasteiger partial charge is 0.253 e. The summed E-state index contributed by atoms with van der Waals surface area (Å²) < 4.78 is 0. The van der Waals surface area contributed by atoms with Crippen LogP contribution in [0.5, 0.6) is 0 Å². The van der Waals surface area contributed by atoms with Crippen LogP contribution in [0.3, 0.4) is 0 Å². The zero-order chi connectivity index (χ0) is 12.3. The topological polar surface area (TPSA) is 124 Å². The second-order valence-corrected chi connectivity index (χ2v) is 4.11. The van der Waals surface area contributed by atoms with Gasteiger partial charge in [-0.2, -0.15) is 0 Å². The zero-order valence-corrected chi connectivity index (χ0v) is 9.57. The highest BCUT2D eigenvalue weighted by Gasteiger charge is 2.04. The number of hydrogen-bond donors (Lipinski definition) is 3. The maximum atomic E-state index is 11.2. The van der Waals surface area contributed by atoms with Gasteiger partial charge in [0.2, 0.25) is 0 Å². The predicted octanol–water partition coefficient (Wildman–Crippen LogP) is -0.248. The molecular weight excluding hydrogens is 240 g/mol. The van der Waals surface area contributed by atoms with Gasteiger partial charge >= 0.3 is 0 Å². The largest absolute Gasteiger partial charge is 0.383 e. The molecule has 5 N–H and O–H groups in total. The van der Waals surface area contributed by atoms with E-state index in [1.807, 2.05) is 0 Å². The molecule has 0 radical (unpaired) electrons. The van der Waals surface area contributed by atoms with Crippen LogP contribution in [0.2, 0.25) is 0 Å². The Morgan fingerprint density at radius 2 is 2.06 bits per heavy atom. The average molecular weight is 250 g/mol. The maximum Gasteiger partial charge on any atom is 0.253 e. The zero-order valence-electron chi connectivity index (χ0n) is 8.75. The number of aromatic amines is 1. The summed E-state index contributed by atoms with van der Waals surface area (Å²) >= 11 is 1.13. The van der Waals surface area contributed by atoms with Crippen LogP contribution < -0.4 is 17.0 Å². The quantitative estimate of drug-likeness (QED) is 0.642. The van der Waals surface area contributed by atoms with Gasteiger partial charge in [0.1, 0.15) is 5.82 Å². The van der Waals surface area contributed by atoms with Gasteiger partial charge in [0, 0.05) is 30.6 Å². The average Bonchev–Trinajstić information content (AvgIpc) is 2.28. The van der Waals surface area contributed by atoms with Crippen molar-refractivity contribution in [3.63, 3.8) is 0 Å². The van der Waals surface area contributed by atoms with Crippen molar-refractivity contribution < 1.29 is 0 Å². The highest BCUT2D eigenvalue weighted by molar-refractivity contribution is 7.99. The van der Waals surface area contributed by atoms with Gasteiger partial charge in [0.05, 0.1) is 0 Å². The van der Waals surface area contributed by atoms with Gasteiger partial charge in [0.25, 0.3) is 5.56 Å². The van der Waals surface area contributed by atoms with Crippen molar-refractivity contribution in [2.75, 3.05) is 5.73 Å². The van der Waals surface area contributed by atoms with Crippen molar-refractivity contribution in [2.45, 2.75) is 16.9 Å². The Hall–Kier alpha value is -1.93. The van der Waals surface area contributed by atoms with E-state index >= 15 is 0 Å². The van der Waals surface area contributed by atoms with Gasteiger partial charge in [-0.25, -0.2) is 15.0 Å². The number of anilines is 1. The third-order valence-corrected chi connectivity index (χ3v) is 2.63. The Balaban J connectivity index is 2.22. The number of nitrogen functional groups attached to an aromatic ring is 1. The minimum atomic E-state index is -0.307. The van der Waals surface area contributed by atoms with Crippen LogP contribution in [0.15, 0.2) is 33.6 Å². The Kier molecular flexibility index (Phi) is 3.35. The fourth-order valence-corrected chi connectivity index (χ4v) is 1.78. The van der Waals surface area contributed by atoms with E-state index in [0.29, 0.717) is 16.9 Å². The van der Waals surface area contributed by atoms with E-state index in [4.69, 9.17) is 11.5 Å². The fourth-order valence-electron chi connectivity index (χ4n) is 1.09. The predicted molar refractivity (Wildman–Crippen MR) is 63.3 cm³/mol. The summed E-state index contributed by atoms with van der Waals surface area (Å²) in [4.78, 5) is 25.8. The molecule has 7 nitrogen and oxygen atoms in total. The molecule has 0 unspecified atom stereocenters. The Bertz CT molecular complexity index is 566. The second-order valence-electron chi connectivity index (χ2n) is 3.16. The molecule has 2 aromatic rings. The summed E-state index contributed by atoms with van der Waals surface area (Å²) in [5.41, 5.74) is 11.4. The molecule has 2 heterocycles. The number of hydrogen-bond acceptors (Lipinski definition) is 7.